The van der Waals surface area contributed by atoms with E-state index < -0.39 is 10.0 Å². The first-order chi connectivity index (χ1) is 11.6. The number of sulfonamides is 1. The van der Waals surface area contributed by atoms with Crippen LogP contribution in [-0.4, -0.2) is 43.5 Å². The molecule has 0 spiro atoms. The molecule has 1 aliphatic heterocycles. The molecule has 3 rings (SSSR count). The molecule has 132 valence electrons. The number of aryl methyl sites for hydroxylation is 1. The van der Waals surface area contributed by atoms with Crippen LogP contribution in [0.1, 0.15) is 37.7 Å². The fourth-order valence-electron chi connectivity index (χ4n) is 3.19. The summed E-state index contributed by atoms with van der Waals surface area (Å²) >= 11 is 0. The molecule has 0 bridgehead atoms. The minimum atomic E-state index is -3.04. The fraction of sp³-hybridized carbons (Fsp3) is 0.611. The first-order valence-electron chi connectivity index (χ1n) is 8.85. The molecule has 2 aliphatic rings. The van der Waals surface area contributed by atoms with Gasteiger partial charge in [0.25, 0.3) is 0 Å². The number of amides is 1. The van der Waals surface area contributed by atoms with E-state index in [4.69, 9.17) is 0 Å². The maximum atomic E-state index is 12.2. The van der Waals surface area contributed by atoms with Crippen molar-refractivity contribution in [2.75, 3.05) is 19.6 Å². The maximum Gasteiger partial charge on any atom is 0.220 e. The van der Waals surface area contributed by atoms with Crippen molar-refractivity contribution >= 4 is 15.9 Å². The molecule has 0 atom stereocenters. The Bertz CT molecular complexity index is 648. The van der Waals surface area contributed by atoms with Gasteiger partial charge in [-0.1, -0.05) is 30.3 Å². The number of hydrogen-bond acceptors (Lipinski definition) is 3. The molecule has 1 N–H and O–H groups in total. The average Bonchev–Trinajstić information content (AvgIpc) is 3.45. The molecule has 0 radical (unpaired) electrons. The lowest BCUT2D eigenvalue weighted by Crippen LogP contribution is -2.42. The number of carbonyl (C=O) groups excluding carboxylic acids is 1. The lowest BCUT2D eigenvalue weighted by atomic mass is 9.98. The first kappa shape index (κ1) is 17.4. The summed E-state index contributed by atoms with van der Waals surface area (Å²) in [5, 5.41) is 2.89. The number of piperidine rings is 1. The zero-order valence-electron chi connectivity index (χ0n) is 14.0. The molecule has 1 aromatic rings. The van der Waals surface area contributed by atoms with Crippen LogP contribution in [0.3, 0.4) is 0 Å². The van der Waals surface area contributed by atoms with Crippen molar-refractivity contribution < 1.29 is 13.2 Å². The lowest BCUT2D eigenvalue weighted by Gasteiger charge is -2.31. The highest BCUT2D eigenvalue weighted by Gasteiger charge is 2.41. The van der Waals surface area contributed by atoms with E-state index in [9.17, 15) is 13.2 Å². The molecule has 0 unspecified atom stereocenters. The predicted molar refractivity (Wildman–Crippen MR) is 94.0 cm³/mol. The quantitative estimate of drug-likeness (QED) is 0.817. The van der Waals surface area contributed by atoms with E-state index in [1.165, 1.54) is 5.56 Å². The van der Waals surface area contributed by atoms with Crippen LogP contribution in [0.2, 0.25) is 0 Å². The first-order valence-corrected chi connectivity index (χ1v) is 10.4. The standard InChI is InChI=1S/C18H26N2O3S/c21-18(9-6-15-4-2-1-3-5-15)19-14-16-10-12-20(13-11-16)24(22,23)17-7-8-17/h1-5,16-17H,6-14H2,(H,19,21). The Morgan fingerprint density at radius 1 is 1.08 bits per heavy atom. The third-order valence-corrected chi connectivity index (χ3v) is 7.35. The van der Waals surface area contributed by atoms with Crippen molar-refractivity contribution in [2.45, 2.75) is 43.8 Å². The molecule has 6 heteroatoms. The van der Waals surface area contributed by atoms with Crippen molar-refractivity contribution in [2.24, 2.45) is 5.92 Å². The molecule has 5 nitrogen and oxygen atoms in total. The molecule has 1 aromatic carbocycles. The van der Waals surface area contributed by atoms with Crippen LogP contribution in [0, 0.1) is 5.92 Å². The largest absolute Gasteiger partial charge is 0.356 e. The highest BCUT2D eigenvalue weighted by molar-refractivity contribution is 7.90. The summed E-state index contributed by atoms with van der Waals surface area (Å²) in [6.07, 6.45) is 4.57. The number of rotatable bonds is 7. The Labute approximate surface area is 144 Å². The van der Waals surface area contributed by atoms with Gasteiger partial charge in [0.15, 0.2) is 0 Å². The van der Waals surface area contributed by atoms with Crippen molar-refractivity contribution in [3.63, 3.8) is 0 Å². The normalized spacial score (nSPS) is 20.0. The van der Waals surface area contributed by atoms with Crippen molar-refractivity contribution in [3.8, 4) is 0 Å². The van der Waals surface area contributed by atoms with Crippen molar-refractivity contribution in [1.82, 2.24) is 9.62 Å². The summed E-state index contributed by atoms with van der Waals surface area (Å²) < 4.78 is 26.0. The van der Waals surface area contributed by atoms with Gasteiger partial charge in [-0.2, -0.15) is 0 Å². The van der Waals surface area contributed by atoms with Gasteiger partial charge < -0.3 is 5.32 Å². The molecule has 1 saturated heterocycles. The summed E-state index contributed by atoms with van der Waals surface area (Å²) in [6, 6.07) is 10.00. The van der Waals surface area contributed by atoms with E-state index in [1.54, 1.807) is 4.31 Å². The molecule has 0 aromatic heterocycles. The Morgan fingerprint density at radius 3 is 2.38 bits per heavy atom. The molecular weight excluding hydrogens is 324 g/mol. The molecule has 1 saturated carbocycles. The monoisotopic (exact) mass is 350 g/mol. The number of hydrogen-bond donors (Lipinski definition) is 1. The van der Waals surface area contributed by atoms with Gasteiger partial charge in [-0.15, -0.1) is 0 Å². The van der Waals surface area contributed by atoms with Gasteiger partial charge in [0.2, 0.25) is 15.9 Å². The summed E-state index contributed by atoms with van der Waals surface area (Å²) in [7, 11) is -3.04. The van der Waals surface area contributed by atoms with Crippen LogP contribution in [0.5, 0.6) is 0 Å². The minimum Gasteiger partial charge on any atom is -0.356 e. The van der Waals surface area contributed by atoms with Gasteiger partial charge in [0.05, 0.1) is 5.25 Å². The van der Waals surface area contributed by atoms with Crippen LogP contribution < -0.4 is 5.32 Å². The minimum absolute atomic E-state index is 0.0758. The number of nitrogens with zero attached hydrogens (tertiary/aromatic N) is 1. The van der Waals surface area contributed by atoms with Gasteiger partial charge in [0.1, 0.15) is 0 Å². The summed E-state index contributed by atoms with van der Waals surface area (Å²) in [6.45, 7) is 1.86. The van der Waals surface area contributed by atoms with E-state index in [1.807, 2.05) is 30.3 Å². The molecular formula is C18H26N2O3S. The Morgan fingerprint density at radius 2 is 1.75 bits per heavy atom. The fourth-order valence-corrected chi connectivity index (χ4v) is 5.07. The highest BCUT2D eigenvalue weighted by Crippen LogP contribution is 2.33. The third kappa shape index (κ3) is 4.57. The maximum absolute atomic E-state index is 12.2. The highest BCUT2D eigenvalue weighted by atomic mass is 32.2. The van der Waals surface area contributed by atoms with Crippen molar-refractivity contribution in [1.29, 1.82) is 0 Å². The summed E-state index contributed by atoms with van der Waals surface area (Å²) in [5.74, 6) is 0.461. The molecule has 24 heavy (non-hydrogen) atoms. The van der Waals surface area contributed by atoms with Crippen LogP contribution in [0.4, 0.5) is 0 Å². The van der Waals surface area contributed by atoms with E-state index in [0.717, 1.165) is 32.1 Å². The van der Waals surface area contributed by atoms with Gasteiger partial charge >= 0.3 is 0 Å². The van der Waals surface area contributed by atoms with Gasteiger partial charge in [-0.05, 0) is 43.6 Å². The molecule has 2 fully saturated rings. The van der Waals surface area contributed by atoms with Crippen LogP contribution >= 0.6 is 0 Å². The number of carbonyl (C=O) groups is 1. The van der Waals surface area contributed by atoms with Gasteiger partial charge in [0, 0.05) is 26.1 Å². The Balaban J connectivity index is 1.35. The lowest BCUT2D eigenvalue weighted by molar-refractivity contribution is -0.121. The van der Waals surface area contributed by atoms with Crippen LogP contribution in [0.25, 0.3) is 0 Å². The van der Waals surface area contributed by atoms with E-state index >= 15 is 0 Å². The topological polar surface area (TPSA) is 66.5 Å². The number of benzene rings is 1. The zero-order valence-corrected chi connectivity index (χ0v) is 14.8. The smallest absolute Gasteiger partial charge is 0.220 e. The van der Waals surface area contributed by atoms with Crippen molar-refractivity contribution in [3.05, 3.63) is 35.9 Å². The van der Waals surface area contributed by atoms with Crippen LogP contribution in [0.15, 0.2) is 30.3 Å². The Kier molecular flexibility index (Phi) is 5.56. The summed E-state index contributed by atoms with van der Waals surface area (Å²) in [4.78, 5) is 12.0. The SMILES string of the molecule is O=C(CCc1ccccc1)NCC1CCN(S(=O)(=O)C2CC2)CC1. The molecule has 1 aliphatic carbocycles. The second-order valence-electron chi connectivity index (χ2n) is 6.88. The second kappa shape index (κ2) is 7.66. The average molecular weight is 350 g/mol. The number of nitrogens with one attached hydrogen (secondary N) is 1. The van der Waals surface area contributed by atoms with Gasteiger partial charge in [-0.3, -0.25) is 4.79 Å². The zero-order chi connectivity index (χ0) is 17.0. The molecule has 1 amide bonds. The third-order valence-electron chi connectivity index (χ3n) is 4.95. The van der Waals surface area contributed by atoms with Gasteiger partial charge in [-0.25, -0.2) is 12.7 Å². The van der Waals surface area contributed by atoms with E-state index in [2.05, 4.69) is 5.32 Å². The second-order valence-corrected chi connectivity index (χ2v) is 9.09. The Hall–Kier alpha value is -1.40. The van der Waals surface area contributed by atoms with E-state index in [0.29, 0.717) is 32.0 Å². The van der Waals surface area contributed by atoms with E-state index in [-0.39, 0.29) is 11.2 Å². The van der Waals surface area contributed by atoms with Crippen LogP contribution in [-0.2, 0) is 21.2 Å². The summed E-state index contributed by atoms with van der Waals surface area (Å²) in [5.41, 5.74) is 1.17. The predicted octanol–water partition coefficient (Wildman–Crippen LogP) is 1.94. The molecule has 1 heterocycles.